The largest absolute Gasteiger partial charge is 0.497 e. The lowest BCUT2D eigenvalue weighted by atomic mass is 10.1. The summed E-state index contributed by atoms with van der Waals surface area (Å²) >= 11 is 0. The van der Waals surface area contributed by atoms with Crippen LogP contribution in [0.3, 0.4) is 0 Å². The molecular formula is C14H14N4O2. The Bertz CT molecular complexity index is 653. The van der Waals surface area contributed by atoms with Crippen LogP contribution in [0.1, 0.15) is 18.4 Å². The highest BCUT2D eigenvalue weighted by molar-refractivity contribution is 6.71. The van der Waals surface area contributed by atoms with E-state index in [-0.39, 0.29) is 17.3 Å². The van der Waals surface area contributed by atoms with E-state index < -0.39 is 0 Å². The van der Waals surface area contributed by atoms with Gasteiger partial charge in [0.2, 0.25) is 5.71 Å². The molecule has 0 N–H and O–H groups in total. The van der Waals surface area contributed by atoms with E-state index in [0.29, 0.717) is 17.0 Å². The normalized spacial score (nSPS) is 16.8. The van der Waals surface area contributed by atoms with Crippen molar-refractivity contribution in [1.29, 1.82) is 0 Å². The summed E-state index contributed by atoms with van der Waals surface area (Å²) in [6.45, 7) is 1.46. The molecule has 2 heterocycles. The molecule has 2 aliphatic rings. The third-order valence-electron chi connectivity index (χ3n) is 3.61. The van der Waals surface area contributed by atoms with E-state index in [0.717, 1.165) is 25.9 Å². The fraction of sp³-hybridized carbons (Fsp3) is 0.357. The molecule has 6 heteroatoms. The maximum atomic E-state index is 12.4. The molecule has 0 aliphatic carbocycles. The summed E-state index contributed by atoms with van der Waals surface area (Å²) in [5.74, 6) is 0.459. The van der Waals surface area contributed by atoms with Gasteiger partial charge in [-0.25, -0.2) is 4.99 Å². The minimum atomic E-state index is -0.175. The molecule has 0 aromatic heterocycles. The molecule has 0 radical (unpaired) electrons. The Balaban J connectivity index is 1.98. The summed E-state index contributed by atoms with van der Waals surface area (Å²) in [5.41, 5.74) is 10.9. The van der Waals surface area contributed by atoms with Crippen molar-refractivity contribution < 1.29 is 14.3 Å². The maximum Gasteiger partial charge on any atom is 0.355 e. The molecule has 1 aromatic rings. The second-order valence-corrected chi connectivity index (χ2v) is 4.79. The van der Waals surface area contributed by atoms with Gasteiger partial charge in [0.25, 0.3) is 5.91 Å². The lowest BCUT2D eigenvalue weighted by Crippen LogP contribution is -2.37. The number of carbonyl (C=O) groups is 1. The lowest BCUT2D eigenvalue weighted by Gasteiger charge is -2.12. The monoisotopic (exact) mass is 270 g/mol. The number of hydrogen-bond acceptors (Lipinski definition) is 3. The van der Waals surface area contributed by atoms with Gasteiger partial charge in [-0.05, 0) is 31.0 Å². The number of likely N-dealkylation sites (tertiary alicyclic amines) is 1. The fourth-order valence-corrected chi connectivity index (χ4v) is 2.55. The molecule has 102 valence electrons. The molecule has 1 aromatic carbocycles. The standard InChI is InChI=1S/C14H14N4O2/c1-20-9-4-5-11-10(8-9)12(17-15)13(16-11)14(19)18-6-2-3-7-18/h4-5,8H,2-3,6-7H2,1H3. The summed E-state index contributed by atoms with van der Waals surface area (Å²) in [6.07, 6.45) is 2.01. The first-order valence-electron chi connectivity index (χ1n) is 6.53. The van der Waals surface area contributed by atoms with Crippen LogP contribution in [0, 0.1) is 0 Å². The third-order valence-corrected chi connectivity index (χ3v) is 3.61. The quantitative estimate of drug-likeness (QED) is 0.602. The number of nitrogens with zero attached hydrogens (tertiary/aromatic N) is 4. The van der Waals surface area contributed by atoms with Crippen LogP contribution < -0.4 is 4.74 Å². The summed E-state index contributed by atoms with van der Waals surface area (Å²) in [5, 5.41) is 0. The maximum absolute atomic E-state index is 12.4. The molecular weight excluding hydrogens is 256 g/mol. The number of benzene rings is 1. The molecule has 6 nitrogen and oxygen atoms in total. The zero-order valence-electron chi connectivity index (χ0n) is 11.2. The van der Waals surface area contributed by atoms with Crippen molar-refractivity contribution in [3.05, 3.63) is 29.3 Å². The van der Waals surface area contributed by atoms with Crippen molar-refractivity contribution in [3.63, 3.8) is 0 Å². The predicted molar refractivity (Wildman–Crippen MR) is 73.6 cm³/mol. The molecule has 1 fully saturated rings. The van der Waals surface area contributed by atoms with E-state index in [2.05, 4.69) is 9.78 Å². The van der Waals surface area contributed by atoms with E-state index >= 15 is 0 Å². The smallest absolute Gasteiger partial charge is 0.355 e. The van der Waals surface area contributed by atoms with Gasteiger partial charge in [0.1, 0.15) is 5.75 Å². The lowest BCUT2D eigenvalue weighted by molar-refractivity contribution is -0.123. The van der Waals surface area contributed by atoms with Crippen molar-refractivity contribution in [2.45, 2.75) is 12.8 Å². The summed E-state index contributed by atoms with van der Waals surface area (Å²) in [6, 6.07) is 5.24. The molecule has 0 bridgehead atoms. The van der Waals surface area contributed by atoms with E-state index in [1.165, 1.54) is 0 Å². The Morgan fingerprint density at radius 1 is 1.40 bits per heavy atom. The third kappa shape index (κ3) is 1.90. The minimum absolute atomic E-state index is 0.175. The molecule has 2 aliphatic heterocycles. The fourth-order valence-electron chi connectivity index (χ4n) is 2.55. The number of aliphatic imine (C=N–C) groups is 1. The Morgan fingerprint density at radius 3 is 2.80 bits per heavy atom. The van der Waals surface area contributed by atoms with Gasteiger partial charge in [-0.3, -0.25) is 4.79 Å². The highest BCUT2D eigenvalue weighted by Gasteiger charge is 2.38. The van der Waals surface area contributed by atoms with Gasteiger partial charge >= 0.3 is 5.71 Å². The zero-order valence-corrected chi connectivity index (χ0v) is 11.2. The van der Waals surface area contributed by atoms with Gasteiger partial charge in [0, 0.05) is 13.1 Å². The van der Waals surface area contributed by atoms with Crippen LogP contribution >= 0.6 is 0 Å². The van der Waals surface area contributed by atoms with Crippen molar-refractivity contribution >= 4 is 23.0 Å². The van der Waals surface area contributed by atoms with E-state index in [1.807, 2.05) is 0 Å². The predicted octanol–water partition coefficient (Wildman–Crippen LogP) is 1.42. The van der Waals surface area contributed by atoms with Crippen LogP contribution in [-0.2, 0) is 4.79 Å². The van der Waals surface area contributed by atoms with E-state index in [4.69, 9.17) is 4.74 Å². The van der Waals surface area contributed by atoms with Crippen LogP contribution in [0.25, 0.3) is 5.53 Å². The Labute approximate surface area is 116 Å². The summed E-state index contributed by atoms with van der Waals surface area (Å²) < 4.78 is 5.14. The Hall–Kier alpha value is -2.46. The van der Waals surface area contributed by atoms with Crippen molar-refractivity contribution in [2.24, 2.45) is 4.99 Å². The van der Waals surface area contributed by atoms with Crippen LogP contribution in [0.15, 0.2) is 23.2 Å². The highest BCUT2D eigenvalue weighted by atomic mass is 16.5. The van der Waals surface area contributed by atoms with Crippen LogP contribution in [0.4, 0.5) is 5.69 Å². The number of amides is 1. The minimum Gasteiger partial charge on any atom is -0.497 e. The number of carbonyl (C=O) groups excluding carboxylic acids is 1. The second-order valence-electron chi connectivity index (χ2n) is 4.79. The zero-order chi connectivity index (χ0) is 14.1. The van der Waals surface area contributed by atoms with Gasteiger partial charge in [-0.1, -0.05) is 0 Å². The average Bonchev–Trinajstić information content (AvgIpc) is 3.12. The molecule has 0 saturated carbocycles. The number of methoxy groups -OCH3 is 1. The van der Waals surface area contributed by atoms with E-state index in [9.17, 15) is 10.3 Å². The van der Waals surface area contributed by atoms with Crippen LogP contribution in [0.5, 0.6) is 5.75 Å². The second kappa shape index (κ2) is 4.90. The number of fused-ring (bicyclic) bond motifs is 1. The molecule has 1 amide bonds. The molecule has 3 rings (SSSR count). The van der Waals surface area contributed by atoms with Gasteiger partial charge in [0.15, 0.2) is 0 Å². The van der Waals surface area contributed by atoms with Gasteiger partial charge in [-0.15, -0.1) is 0 Å². The first-order valence-corrected chi connectivity index (χ1v) is 6.53. The first kappa shape index (κ1) is 12.6. The molecule has 20 heavy (non-hydrogen) atoms. The topological polar surface area (TPSA) is 78.3 Å². The van der Waals surface area contributed by atoms with Gasteiger partial charge in [-0.2, -0.15) is 4.79 Å². The van der Waals surface area contributed by atoms with Crippen LogP contribution in [-0.4, -0.2) is 47.2 Å². The molecule has 0 atom stereocenters. The van der Waals surface area contributed by atoms with Crippen molar-refractivity contribution in [3.8, 4) is 5.75 Å². The Kier molecular flexibility index (Phi) is 3.08. The van der Waals surface area contributed by atoms with Crippen molar-refractivity contribution in [1.82, 2.24) is 4.90 Å². The number of hydrogen-bond donors (Lipinski definition) is 0. The molecule has 0 unspecified atom stereocenters. The summed E-state index contributed by atoms with van der Waals surface area (Å²) in [7, 11) is 1.56. The van der Waals surface area contributed by atoms with Crippen LogP contribution in [0.2, 0.25) is 0 Å². The SMILES string of the molecule is COc1ccc2c(c1)C(=[N+]=[N-])C(C(=O)N1CCCC1)=N2. The van der Waals surface area contributed by atoms with Gasteiger partial charge < -0.3 is 15.2 Å². The van der Waals surface area contributed by atoms with E-state index in [1.54, 1.807) is 30.2 Å². The number of rotatable bonds is 2. The first-order chi connectivity index (χ1) is 9.74. The summed E-state index contributed by atoms with van der Waals surface area (Å²) in [4.78, 5) is 21.7. The van der Waals surface area contributed by atoms with Gasteiger partial charge in [0.05, 0.1) is 18.4 Å². The van der Waals surface area contributed by atoms with Crippen molar-refractivity contribution in [2.75, 3.05) is 20.2 Å². The molecule has 1 saturated heterocycles. The number of ether oxygens (including phenoxy) is 1. The highest BCUT2D eigenvalue weighted by Crippen LogP contribution is 2.30. The Morgan fingerprint density at radius 2 is 2.15 bits per heavy atom. The average molecular weight is 270 g/mol. The molecule has 0 spiro atoms.